The number of anilines is 1. The van der Waals surface area contributed by atoms with Crippen LogP contribution < -0.4 is 10.6 Å². The fourth-order valence-electron chi connectivity index (χ4n) is 1.13. The second-order valence-electron chi connectivity index (χ2n) is 3.19. The van der Waals surface area contributed by atoms with Gasteiger partial charge >= 0.3 is 0 Å². The summed E-state index contributed by atoms with van der Waals surface area (Å²) in [5.74, 6) is 0. The van der Waals surface area contributed by atoms with Crippen molar-refractivity contribution in [2.45, 2.75) is 27.2 Å². The van der Waals surface area contributed by atoms with Gasteiger partial charge in [-0.05, 0) is 32.5 Å². The number of nitrogens with one attached hydrogen (secondary N) is 3. The molecule has 1 heterocycles. The van der Waals surface area contributed by atoms with Crippen molar-refractivity contribution in [2.75, 3.05) is 11.9 Å². The van der Waals surface area contributed by atoms with Gasteiger partial charge in [0.2, 0.25) is 0 Å². The third-order valence-corrected chi connectivity index (χ3v) is 2.15. The molecule has 0 aromatic carbocycles. The second kappa shape index (κ2) is 4.95. The molecule has 0 aliphatic carbocycles. The highest BCUT2D eigenvalue weighted by molar-refractivity contribution is 7.80. The van der Waals surface area contributed by atoms with Gasteiger partial charge in [-0.2, -0.15) is 5.10 Å². The van der Waals surface area contributed by atoms with E-state index in [1.807, 2.05) is 13.8 Å². The zero-order chi connectivity index (χ0) is 10.6. The molecule has 1 rings (SSSR count). The maximum absolute atomic E-state index is 5.12. The summed E-state index contributed by atoms with van der Waals surface area (Å²) >= 11 is 5.12. The number of nitrogens with zero attached hydrogens (tertiary/aromatic N) is 1. The largest absolute Gasteiger partial charge is 0.362 e. The molecule has 4 nitrogen and oxygen atoms in total. The second-order valence-corrected chi connectivity index (χ2v) is 3.60. The van der Waals surface area contributed by atoms with Crippen LogP contribution in [0.3, 0.4) is 0 Å². The molecule has 0 aliphatic heterocycles. The first-order valence-corrected chi connectivity index (χ1v) is 5.12. The first-order chi connectivity index (χ1) is 6.65. The van der Waals surface area contributed by atoms with Crippen LogP contribution in [0.4, 0.5) is 5.69 Å². The molecule has 0 saturated heterocycles. The van der Waals surface area contributed by atoms with Gasteiger partial charge in [0.15, 0.2) is 5.11 Å². The molecule has 1 aromatic heterocycles. The Hall–Kier alpha value is -1.10. The third-order valence-electron chi connectivity index (χ3n) is 1.90. The lowest BCUT2D eigenvalue weighted by Gasteiger charge is -2.09. The molecule has 0 amide bonds. The number of hydrogen-bond acceptors (Lipinski definition) is 2. The third kappa shape index (κ3) is 2.70. The quantitative estimate of drug-likeness (QED) is 0.668. The van der Waals surface area contributed by atoms with Crippen LogP contribution in [0.1, 0.15) is 24.7 Å². The zero-order valence-corrected chi connectivity index (χ0v) is 9.59. The summed E-state index contributed by atoms with van der Waals surface area (Å²) < 4.78 is 0. The molecule has 0 aliphatic rings. The Morgan fingerprint density at radius 1 is 1.50 bits per heavy atom. The Morgan fingerprint density at radius 2 is 2.21 bits per heavy atom. The number of aryl methyl sites for hydroxylation is 2. The summed E-state index contributed by atoms with van der Waals surface area (Å²) in [5.41, 5.74) is 2.91. The minimum absolute atomic E-state index is 0.652. The van der Waals surface area contributed by atoms with E-state index < -0.39 is 0 Å². The van der Waals surface area contributed by atoms with Crippen LogP contribution in [-0.2, 0) is 0 Å². The van der Waals surface area contributed by atoms with Gasteiger partial charge in [-0.25, -0.2) is 0 Å². The van der Waals surface area contributed by atoms with E-state index in [0.717, 1.165) is 30.0 Å². The molecule has 0 spiro atoms. The Morgan fingerprint density at radius 3 is 2.71 bits per heavy atom. The zero-order valence-electron chi connectivity index (χ0n) is 8.77. The van der Waals surface area contributed by atoms with E-state index in [-0.39, 0.29) is 0 Å². The molecular formula is C9H16N4S. The van der Waals surface area contributed by atoms with Crippen LogP contribution in [0.15, 0.2) is 0 Å². The first-order valence-electron chi connectivity index (χ1n) is 4.71. The Balaban J connectivity index is 2.55. The summed E-state index contributed by atoms with van der Waals surface area (Å²) in [4.78, 5) is 0. The molecule has 5 heteroatoms. The van der Waals surface area contributed by atoms with Crippen LogP contribution in [0, 0.1) is 13.8 Å². The number of rotatable bonds is 3. The fourth-order valence-corrected chi connectivity index (χ4v) is 1.34. The van der Waals surface area contributed by atoms with E-state index in [0.29, 0.717) is 5.11 Å². The van der Waals surface area contributed by atoms with Crippen molar-refractivity contribution in [3.05, 3.63) is 11.4 Å². The number of thiocarbonyl (C=S) groups is 1. The minimum atomic E-state index is 0.652. The molecule has 0 radical (unpaired) electrons. The van der Waals surface area contributed by atoms with Gasteiger partial charge in [-0.15, -0.1) is 0 Å². The average molecular weight is 212 g/mol. The summed E-state index contributed by atoms with van der Waals surface area (Å²) in [7, 11) is 0. The van der Waals surface area contributed by atoms with Crippen molar-refractivity contribution >= 4 is 23.0 Å². The predicted molar refractivity (Wildman–Crippen MR) is 62.6 cm³/mol. The number of aromatic amines is 1. The molecular weight excluding hydrogens is 196 g/mol. The van der Waals surface area contributed by atoms with Crippen molar-refractivity contribution in [1.82, 2.24) is 15.5 Å². The van der Waals surface area contributed by atoms with E-state index in [4.69, 9.17) is 12.2 Å². The van der Waals surface area contributed by atoms with Crippen molar-refractivity contribution in [1.29, 1.82) is 0 Å². The van der Waals surface area contributed by atoms with E-state index in [9.17, 15) is 0 Å². The van der Waals surface area contributed by atoms with Gasteiger partial charge in [0.05, 0.1) is 17.1 Å². The minimum Gasteiger partial charge on any atom is -0.362 e. The van der Waals surface area contributed by atoms with Crippen LogP contribution in [0.2, 0.25) is 0 Å². The summed E-state index contributed by atoms with van der Waals surface area (Å²) in [6, 6.07) is 0. The number of hydrogen-bond donors (Lipinski definition) is 3. The molecule has 1 aromatic rings. The highest BCUT2D eigenvalue weighted by Crippen LogP contribution is 2.15. The van der Waals surface area contributed by atoms with Gasteiger partial charge < -0.3 is 10.6 Å². The Labute approximate surface area is 89.5 Å². The number of aromatic nitrogens is 2. The van der Waals surface area contributed by atoms with Gasteiger partial charge in [0.25, 0.3) is 0 Å². The summed E-state index contributed by atoms with van der Waals surface area (Å²) in [6.45, 7) is 6.89. The fraction of sp³-hybridized carbons (Fsp3) is 0.556. The van der Waals surface area contributed by atoms with Crippen molar-refractivity contribution in [2.24, 2.45) is 0 Å². The summed E-state index contributed by atoms with van der Waals surface area (Å²) in [5, 5.41) is 13.8. The van der Waals surface area contributed by atoms with Crippen LogP contribution >= 0.6 is 12.2 Å². The molecule has 0 unspecified atom stereocenters. The lowest BCUT2D eigenvalue weighted by Crippen LogP contribution is -2.29. The van der Waals surface area contributed by atoms with E-state index in [2.05, 4.69) is 27.8 Å². The van der Waals surface area contributed by atoms with E-state index >= 15 is 0 Å². The number of H-pyrrole nitrogens is 1. The topological polar surface area (TPSA) is 52.7 Å². The van der Waals surface area contributed by atoms with Crippen LogP contribution in [-0.4, -0.2) is 21.9 Å². The van der Waals surface area contributed by atoms with Crippen molar-refractivity contribution in [3.8, 4) is 0 Å². The van der Waals surface area contributed by atoms with Gasteiger partial charge in [-0.1, -0.05) is 6.92 Å². The highest BCUT2D eigenvalue weighted by atomic mass is 32.1. The lowest BCUT2D eigenvalue weighted by atomic mass is 10.3. The van der Waals surface area contributed by atoms with Crippen LogP contribution in [0.25, 0.3) is 0 Å². The van der Waals surface area contributed by atoms with Crippen molar-refractivity contribution < 1.29 is 0 Å². The van der Waals surface area contributed by atoms with Gasteiger partial charge in [-0.3, -0.25) is 5.10 Å². The molecule has 0 atom stereocenters. The predicted octanol–water partition coefficient (Wildman–Crippen LogP) is 1.72. The molecule has 14 heavy (non-hydrogen) atoms. The smallest absolute Gasteiger partial charge is 0.170 e. The Bertz CT molecular complexity index is 299. The average Bonchev–Trinajstić information content (AvgIpc) is 2.46. The SMILES string of the molecule is CCCNC(=S)Nc1c(C)n[nH]c1C. The first kappa shape index (κ1) is 11.0. The van der Waals surface area contributed by atoms with E-state index in [1.165, 1.54) is 0 Å². The van der Waals surface area contributed by atoms with Crippen LogP contribution in [0.5, 0.6) is 0 Å². The lowest BCUT2D eigenvalue weighted by molar-refractivity contribution is 0.846. The maximum atomic E-state index is 5.12. The molecule has 0 saturated carbocycles. The van der Waals surface area contributed by atoms with Gasteiger partial charge in [0.1, 0.15) is 0 Å². The maximum Gasteiger partial charge on any atom is 0.170 e. The monoisotopic (exact) mass is 212 g/mol. The molecule has 3 N–H and O–H groups in total. The Kier molecular flexibility index (Phi) is 3.88. The normalized spacial score (nSPS) is 9.93. The standard InChI is InChI=1S/C9H16N4S/c1-4-5-10-9(14)11-8-6(2)12-13-7(8)3/h4-5H2,1-3H3,(H,12,13)(H2,10,11,14). The molecule has 78 valence electrons. The highest BCUT2D eigenvalue weighted by Gasteiger charge is 2.06. The van der Waals surface area contributed by atoms with Crippen molar-refractivity contribution in [3.63, 3.8) is 0 Å². The summed E-state index contributed by atoms with van der Waals surface area (Å²) in [6.07, 6.45) is 1.06. The molecule has 0 bridgehead atoms. The van der Waals surface area contributed by atoms with E-state index in [1.54, 1.807) is 0 Å². The van der Waals surface area contributed by atoms with Gasteiger partial charge in [0, 0.05) is 6.54 Å². The molecule has 0 fully saturated rings.